The van der Waals surface area contributed by atoms with Gasteiger partial charge >= 0.3 is 0 Å². The van der Waals surface area contributed by atoms with Crippen molar-refractivity contribution in [3.05, 3.63) is 66.9 Å². The van der Waals surface area contributed by atoms with Gasteiger partial charge in [0.1, 0.15) is 0 Å². The van der Waals surface area contributed by atoms with Gasteiger partial charge in [-0.15, -0.1) is 0 Å². The van der Waals surface area contributed by atoms with Crippen LogP contribution in [-0.2, 0) is 0 Å². The molecule has 2 nitrogen and oxygen atoms in total. The Bertz CT molecular complexity index is 1140. The standard InChI is InChI=1S/C19H12N2/c1-2-5-13-12(4-1)7-9-17-18(13)15-8-10-16-14(19(15)21-17)6-3-11-20-16/h1-11,21H. The molecule has 0 spiro atoms. The Balaban J connectivity index is 2.11. The van der Waals surface area contributed by atoms with Gasteiger partial charge in [-0.05, 0) is 35.0 Å². The first kappa shape index (κ1) is 10.9. The Labute approximate surface area is 121 Å². The molecule has 0 saturated carbocycles. The van der Waals surface area contributed by atoms with Gasteiger partial charge in [0.15, 0.2) is 0 Å². The van der Waals surface area contributed by atoms with Crippen molar-refractivity contribution in [2.24, 2.45) is 0 Å². The van der Waals surface area contributed by atoms with Gasteiger partial charge in [0.2, 0.25) is 0 Å². The summed E-state index contributed by atoms with van der Waals surface area (Å²) in [5.74, 6) is 0. The first-order chi connectivity index (χ1) is 10.4. The van der Waals surface area contributed by atoms with Crippen molar-refractivity contribution in [2.45, 2.75) is 0 Å². The first-order valence-corrected chi connectivity index (χ1v) is 7.09. The third-order valence-corrected chi connectivity index (χ3v) is 4.24. The Hall–Kier alpha value is -2.87. The smallest absolute Gasteiger partial charge is 0.0723 e. The second-order valence-corrected chi connectivity index (χ2v) is 5.39. The molecule has 5 rings (SSSR count). The average Bonchev–Trinajstić information content (AvgIpc) is 2.94. The lowest BCUT2D eigenvalue weighted by Gasteiger charge is -2.00. The third kappa shape index (κ3) is 1.39. The van der Waals surface area contributed by atoms with Crippen molar-refractivity contribution in [2.75, 3.05) is 0 Å². The van der Waals surface area contributed by atoms with Crippen molar-refractivity contribution in [3.8, 4) is 0 Å². The van der Waals surface area contributed by atoms with E-state index >= 15 is 0 Å². The molecule has 2 aromatic heterocycles. The molecule has 5 aromatic rings. The maximum absolute atomic E-state index is 4.44. The van der Waals surface area contributed by atoms with E-state index < -0.39 is 0 Å². The molecule has 0 aliphatic carbocycles. The van der Waals surface area contributed by atoms with Crippen LogP contribution in [0.1, 0.15) is 0 Å². The Morgan fingerprint density at radius 3 is 2.62 bits per heavy atom. The number of fused-ring (bicyclic) bond motifs is 7. The van der Waals surface area contributed by atoms with Crippen LogP contribution in [0, 0.1) is 0 Å². The molecule has 1 N–H and O–H groups in total. The fraction of sp³-hybridized carbons (Fsp3) is 0. The summed E-state index contributed by atoms with van der Waals surface area (Å²) in [5, 5.41) is 6.31. The van der Waals surface area contributed by atoms with E-state index in [1.807, 2.05) is 12.3 Å². The predicted molar refractivity (Wildman–Crippen MR) is 88.6 cm³/mol. The monoisotopic (exact) mass is 268 g/mol. The number of nitrogens with zero attached hydrogens (tertiary/aromatic N) is 1. The number of nitrogens with one attached hydrogen (secondary N) is 1. The second kappa shape index (κ2) is 3.83. The highest BCUT2D eigenvalue weighted by Gasteiger charge is 2.10. The number of aromatic amines is 1. The van der Waals surface area contributed by atoms with Gasteiger partial charge in [-0.2, -0.15) is 0 Å². The quantitative estimate of drug-likeness (QED) is 0.419. The summed E-state index contributed by atoms with van der Waals surface area (Å²) in [5.41, 5.74) is 3.38. The molecule has 0 unspecified atom stereocenters. The van der Waals surface area contributed by atoms with Gasteiger partial charge in [-0.1, -0.05) is 36.4 Å². The number of H-pyrrole nitrogens is 1. The van der Waals surface area contributed by atoms with Gasteiger partial charge in [0, 0.05) is 27.9 Å². The fourth-order valence-electron chi connectivity index (χ4n) is 3.30. The van der Waals surface area contributed by atoms with Crippen molar-refractivity contribution in [3.63, 3.8) is 0 Å². The molecule has 0 saturated heterocycles. The number of pyridine rings is 1. The van der Waals surface area contributed by atoms with E-state index in [1.54, 1.807) is 0 Å². The van der Waals surface area contributed by atoms with Crippen LogP contribution in [0.25, 0.3) is 43.5 Å². The Morgan fingerprint density at radius 1 is 0.714 bits per heavy atom. The number of benzene rings is 3. The third-order valence-electron chi connectivity index (χ3n) is 4.24. The van der Waals surface area contributed by atoms with Crippen LogP contribution in [0.3, 0.4) is 0 Å². The molecule has 0 aliphatic rings. The topological polar surface area (TPSA) is 28.7 Å². The van der Waals surface area contributed by atoms with E-state index in [1.165, 1.54) is 38.0 Å². The Kier molecular flexibility index (Phi) is 1.98. The second-order valence-electron chi connectivity index (χ2n) is 5.39. The molecule has 3 aromatic carbocycles. The lowest BCUT2D eigenvalue weighted by molar-refractivity contribution is 1.42. The maximum atomic E-state index is 4.44. The summed E-state index contributed by atoms with van der Waals surface area (Å²) < 4.78 is 0. The van der Waals surface area contributed by atoms with Gasteiger partial charge in [-0.25, -0.2) is 0 Å². The molecule has 0 fully saturated rings. The molecule has 0 aliphatic heterocycles. The van der Waals surface area contributed by atoms with Crippen LogP contribution >= 0.6 is 0 Å². The maximum Gasteiger partial charge on any atom is 0.0723 e. The molecular formula is C19H12N2. The van der Waals surface area contributed by atoms with Crippen molar-refractivity contribution in [1.29, 1.82) is 0 Å². The number of aromatic nitrogens is 2. The lowest BCUT2D eigenvalue weighted by Crippen LogP contribution is -1.78. The average molecular weight is 268 g/mol. The van der Waals surface area contributed by atoms with Gasteiger partial charge < -0.3 is 4.98 Å². The zero-order valence-corrected chi connectivity index (χ0v) is 11.3. The number of rotatable bonds is 0. The van der Waals surface area contributed by atoms with Crippen LogP contribution in [0.5, 0.6) is 0 Å². The normalized spacial score (nSPS) is 11.8. The molecule has 21 heavy (non-hydrogen) atoms. The largest absolute Gasteiger partial charge is 0.354 e. The first-order valence-electron chi connectivity index (χ1n) is 7.09. The van der Waals surface area contributed by atoms with Gasteiger partial charge in [0.05, 0.1) is 11.0 Å². The zero-order chi connectivity index (χ0) is 13.8. The van der Waals surface area contributed by atoms with Crippen LogP contribution in [-0.4, -0.2) is 9.97 Å². The molecule has 0 atom stereocenters. The molecule has 2 heteroatoms. The molecule has 0 bridgehead atoms. The summed E-state index contributed by atoms with van der Waals surface area (Å²) >= 11 is 0. The number of hydrogen-bond acceptors (Lipinski definition) is 1. The van der Waals surface area contributed by atoms with E-state index in [2.05, 4.69) is 64.6 Å². The molecule has 0 amide bonds. The zero-order valence-electron chi connectivity index (χ0n) is 11.3. The van der Waals surface area contributed by atoms with Crippen LogP contribution in [0.2, 0.25) is 0 Å². The lowest BCUT2D eigenvalue weighted by atomic mass is 10.0. The van der Waals surface area contributed by atoms with E-state index in [9.17, 15) is 0 Å². The van der Waals surface area contributed by atoms with Crippen molar-refractivity contribution in [1.82, 2.24) is 9.97 Å². The van der Waals surface area contributed by atoms with Crippen LogP contribution in [0.15, 0.2) is 66.9 Å². The van der Waals surface area contributed by atoms with Crippen LogP contribution in [0.4, 0.5) is 0 Å². The summed E-state index contributed by atoms with van der Waals surface area (Å²) in [6.07, 6.45) is 1.84. The summed E-state index contributed by atoms with van der Waals surface area (Å²) in [6, 6.07) is 21.3. The fourth-order valence-corrected chi connectivity index (χ4v) is 3.30. The number of hydrogen-bond donors (Lipinski definition) is 1. The molecule has 0 radical (unpaired) electrons. The highest BCUT2D eigenvalue weighted by Crippen LogP contribution is 2.34. The van der Waals surface area contributed by atoms with Gasteiger partial charge in [-0.3, -0.25) is 4.98 Å². The van der Waals surface area contributed by atoms with E-state index in [4.69, 9.17) is 0 Å². The van der Waals surface area contributed by atoms with Crippen LogP contribution < -0.4 is 0 Å². The predicted octanol–water partition coefficient (Wildman–Crippen LogP) is 5.02. The highest BCUT2D eigenvalue weighted by atomic mass is 14.7. The van der Waals surface area contributed by atoms with Crippen molar-refractivity contribution < 1.29 is 0 Å². The summed E-state index contributed by atoms with van der Waals surface area (Å²) in [7, 11) is 0. The Morgan fingerprint density at radius 2 is 1.62 bits per heavy atom. The van der Waals surface area contributed by atoms with E-state index in [0.717, 1.165) is 5.52 Å². The van der Waals surface area contributed by atoms with E-state index in [0.29, 0.717) is 0 Å². The van der Waals surface area contributed by atoms with Crippen molar-refractivity contribution >= 4 is 43.5 Å². The minimum absolute atomic E-state index is 1.03. The minimum Gasteiger partial charge on any atom is -0.354 e. The molecular weight excluding hydrogens is 256 g/mol. The molecule has 2 heterocycles. The summed E-state index contributed by atoms with van der Waals surface area (Å²) in [6.45, 7) is 0. The molecule has 98 valence electrons. The van der Waals surface area contributed by atoms with E-state index in [-0.39, 0.29) is 0 Å². The SMILES string of the molecule is c1ccc2c(c1)ccc1[nH]c3c4cccnc4ccc3c12. The van der Waals surface area contributed by atoms with Gasteiger partial charge in [0.25, 0.3) is 0 Å². The highest BCUT2D eigenvalue weighted by molar-refractivity contribution is 6.24. The summed E-state index contributed by atoms with van der Waals surface area (Å²) in [4.78, 5) is 8.02. The minimum atomic E-state index is 1.03.